The third kappa shape index (κ3) is 14.1. The molecule has 0 radical (unpaired) electrons. The van der Waals surface area contributed by atoms with Crippen molar-refractivity contribution in [1.29, 1.82) is 0 Å². The first-order chi connectivity index (χ1) is 7.95. The molecule has 17 heavy (non-hydrogen) atoms. The number of hydrogen-bond acceptors (Lipinski definition) is 4. The molecule has 2 nitrogen and oxygen atoms in total. The molecule has 0 bridgehead atoms. The summed E-state index contributed by atoms with van der Waals surface area (Å²) in [6.45, 7) is 9.16. The van der Waals surface area contributed by atoms with E-state index in [1.54, 1.807) is 10.8 Å². The minimum absolute atomic E-state index is 0.0564. The first-order valence-corrected chi connectivity index (χ1v) is 8.84. The van der Waals surface area contributed by atoms with Crippen LogP contribution in [0.1, 0.15) is 53.4 Å². The van der Waals surface area contributed by atoms with Crippen molar-refractivity contribution in [3.05, 3.63) is 0 Å². The molecule has 0 amide bonds. The number of carbonyl (C=O) groups is 1. The van der Waals surface area contributed by atoms with Gasteiger partial charge < -0.3 is 4.74 Å². The van der Waals surface area contributed by atoms with Crippen LogP contribution in [-0.4, -0.2) is 24.1 Å². The molecule has 0 saturated carbocycles. The van der Waals surface area contributed by atoms with E-state index in [-0.39, 0.29) is 11.4 Å². The Balaban J connectivity index is 3.28. The maximum Gasteiger partial charge on any atom is 0.305 e. The maximum atomic E-state index is 11.4. The number of unbranched alkanes of at least 4 members (excludes halogenated alkanes) is 1. The van der Waals surface area contributed by atoms with E-state index in [1.807, 2.05) is 10.8 Å². The second-order valence-electron chi connectivity index (χ2n) is 5.28. The van der Waals surface area contributed by atoms with E-state index in [1.165, 1.54) is 18.6 Å². The Bertz CT molecular complexity index is 200. The van der Waals surface area contributed by atoms with Gasteiger partial charge in [0, 0.05) is 17.9 Å². The lowest BCUT2D eigenvalue weighted by Gasteiger charge is -2.16. The van der Waals surface area contributed by atoms with Crippen LogP contribution >= 0.6 is 21.6 Å². The molecule has 0 N–H and O–H groups in total. The SMILES string of the molecule is CCCCSSCCOC(=O)CCC(C)(C)C. The molecule has 0 unspecified atom stereocenters. The van der Waals surface area contributed by atoms with E-state index in [0.29, 0.717) is 13.0 Å². The molecule has 4 heteroatoms. The second kappa shape index (κ2) is 10.1. The molecule has 0 aromatic carbocycles. The Hall–Kier alpha value is 0.170. The predicted octanol–water partition coefficient (Wildman–Crippen LogP) is 4.54. The van der Waals surface area contributed by atoms with E-state index < -0.39 is 0 Å². The van der Waals surface area contributed by atoms with Crippen molar-refractivity contribution in [2.75, 3.05) is 18.1 Å². The summed E-state index contributed by atoms with van der Waals surface area (Å²) in [5, 5.41) is 0. The highest BCUT2D eigenvalue weighted by molar-refractivity contribution is 8.76. The van der Waals surface area contributed by atoms with Crippen molar-refractivity contribution in [3.63, 3.8) is 0 Å². The van der Waals surface area contributed by atoms with Gasteiger partial charge in [0.05, 0.1) is 0 Å². The summed E-state index contributed by atoms with van der Waals surface area (Å²) in [5.74, 6) is 2.04. The van der Waals surface area contributed by atoms with Gasteiger partial charge in [0.2, 0.25) is 0 Å². The zero-order valence-electron chi connectivity index (χ0n) is 11.6. The highest BCUT2D eigenvalue weighted by Gasteiger charge is 2.13. The lowest BCUT2D eigenvalue weighted by atomic mass is 9.91. The molecule has 0 rings (SSSR count). The van der Waals surface area contributed by atoms with Gasteiger partial charge in [-0.15, -0.1) is 0 Å². The molecular formula is C13H26O2S2. The van der Waals surface area contributed by atoms with Crippen molar-refractivity contribution in [2.45, 2.75) is 53.4 Å². The minimum atomic E-state index is -0.0564. The van der Waals surface area contributed by atoms with E-state index >= 15 is 0 Å². The highest BCUT2D eigenvalue weighted by Crippen LogP contribution is 2.23. The number of rotatable bonds is 9. The fraction of sp³-hybridized carbons (Fsp3) is 0.923. The highest BCUT2D eigenvalue weighted by atomic mass is 33.1. The van der Waals surface area contributed by atoms with Crippen molar-refractivity contribution >= 4 is 27.6 Å². The van der Waals surface area contributed by atoms with Gasteiger partial charge in [-0.3, -0.25) is 4.79 Å². The normalized spacial score (nSPS) is 11.5. The smallest absolute Gasteiger partial charge is 0.305 e. The van der Waals surface area contributed by atoms with Gasteiger partial charge in [0.1, 0.15) is 6.61 Å². The van der Waals surface area contributed by atoms with E-state index in [4.69, 9.17) is 4.74 Å². The topological polar surface area (TPSA) is 26.3 Å². The second-order valence-corrected chi connectivity index (χ2v) is 7.98. The van der Waals surface area contributed by atoms with E-state index in [2.05, 4.69) is 27.7 Å². The summed E-state index contributed by atoms with van der Waals surface area (Å²) >= 11 is 0. The van der Waals surface area contributed by atoms with Gasteiger partial charge in [0.15, 0.2) is 0 Å². The van der Waals surface area contributed by atoms with Crippen LogP contribution in [0.5, 0.6) is 0 Å². The molecule has 0 spiro atoms. The molecule has 0 heterocycles. The first kappa shape index (κ1) is 17.2. The van der Waals surface area contributed by atoms with Gasteiger partial charge in [-0.25, -0.2) is 0 Å². The molecule has 0 aromatic rings. The Labute approximate surface area is 114 Å². The minimum Gasteiger partial charge on any atom is -0.465 e. The Morgan fingerprint density at radius 2 is 1.82 bits per heavy atom. The number of ether oxygens (including phenoxy) is 1. The Morgan fingerprint density at radius 3 is 2.41 bits per heavy atom. The van der Waals surface area contributed by atoms with Crippen LogP contribution < -0.4 is 0 Å². The average Bonchev–Trinajstić information content (AvgIpc) is 2.24. The summed E-state index contributed by atoms with van der Waals surface area (Å²) in [5.41, 5.74) is 0.212. The molecule has 0 fully saturated rings. The predicted molar refractivity (Wildman–Crippen MR) is 79.5 cm³/mol. The van der Waals surface area contributed by atoms with Gasteiger partial charge in [0.25, 0.3) is 0 Å². The van der Waals surface area contributed by atoms with Crippen molar-refractivity contribution < 1.29 is 9.53 Å². The van der Waals surface area contributed by atoms with Crippen LogP contribution in [0.25, 0.3) is 0 Å². The fourth-order valence-electron chi connectivity index (χ4n) is 1.06. The molecule has 0 aliphatic heterocycles. The molecule has 0 aromatic heterocycles. The zero-order chi connectivity index (χ0) is 13.1. The fourth-order valence-corrected chi connectivity index (χ4v) is 3.12. The van der Waals surface area contributed by atoms with Crippen LogP contribution in [0, 0.1) is 5.41 Å². The van der Waals surface area contributed by atoms with Crippen molar-refractivity contribution in [3.8, 4) is 0 Å². The third-order valence-electron chi connectivity index (χ3n) is 2.17. The van der Waals surface area contributed by atoms with Gasteiger partial charge in [-0.2, -0.15) is 0 Å². The van der Waals surface area contributed by atoms with E-state index in [0.717, 1.165) is 12.2 Å². The lowest BCUT2D eigenvalue weighted by molar-refractivity contribution is -0.143. The first-order valence-electron chi connectivity index (χ1n) is 6.36. The summed E-state index contributed by atoms with van der Waals surface area (Å²) < 4.78 is 5.17. The summed E-state index contributed by atoms with van der Waals surface area (Å²) in [6.07, 6.45) is 3.94. The average molecular weight is 278 g/mol. The summed E-state index contributed by atoms with van der Waals surface area (Å²) in [6, 6.07) is 0. The van der Waals surface area contributed by atoms with Gasteiger partial charge in [-0.05, 0) is 18.3 Å². The molecule has 0 atom stereocenters. The number of carbonyl (C=O) groups excluding carboxylic acids is 1. The van der Waals surface area contributed by atoms with Crippen LogP contribution in [0.4, 0.5) is 0 Å². The van der Waals surface area contributed by atoms with Gasteiger partial charge in [-0.1, -0.05) is 55.7 Å². The quantitative estimate of drug-likeness (QED) is 0.351. The zero-order valence-corrected chi connectivity index (χ0v) is 13.2. The third-order valence-corrected chi connectivity index (χ3v) is 4.63. The molecule has 102 valence electrons. The van der Waals surface area contributed by atoms with Crippen LogP contribution in [-0.2, 0) is 9.53 Å². The lowest BCUT2D eigenvalue weighted by Crippen LogP contribution is -2.12. The molecule has 0 aliphatic rings. The molecule has 0 aliphatic carbocycles. The monoisotopic (exact) mass is 278 g/mol. The number of hydrogen-bond donors (Lipinski definition) is 0. The molecule has 0 saturated heterocycles. The molecular weight excluding hydrogens is 252 g/mol. The summed E-state index contributed by atoms with van der Waals surface area (Å²) in [4.78, 5) is 11.4. The largest absolute Gasteiger partial charge is 0.465 e. The van der Waals surface area contributed by atoms with Crippen LogP contribution in [0.3, 0.4) is 0 Å². The van der Waals surface area contributed by atoms with Gasteiger partial charge >= 0.3 is 5.97 Å². The van der Waals surface area contributed by atoms with E-state index in [9.17, 15) is 4.79 Å². The van der Waals surface area contributed by atoms with Crippen LogP contribution in [0.2, 0.25) is 0 Å². The Kier molecular flexibility index (Phi) is 10.2. The van der Waals surface area contributed by atoms with Crippen molar-refractivity contribution in [1.82, 2.24) is 0 Å². The standard InChI is InChI=1S/C13H26O2S2/c1-5-6-10-16-17-11-9-15-12(14)7-8-13(2,3)4/h5-11H2,1-4H3. The maximum absolute atomic E-state index is 11.4. The van der Waals surface area contributed by atoms with Crippen molar-refractivity contribution in [2.24, 2.45) is 5.41 Å². The van der Waals surface area contributed by atoms with Crippen LogP contribution in [0.15, 0.2) is 0 Å². The number of esters is 1. The summed E-state index contributed by atoms with van der Waals surface area (Å²) in [7, 11) is 3.67. The Morgan fingerprint density at radius 1 is 1.18 bits per heavy atom.